The Kier molecular flexibility index (Phi) is 5.37. The fourth-order valence-corrected chi connectivity index (χ4v) is 7.47. The van der Waals surface area contributed by atoms with Gasteiger partial charge in [-0.2, -0.15) is 0 Å². The summed E-state index contributed by atoms with van der Waals surface area (Å²) in [5.41, 5.74) is 11.2. The van der Waals surface area contributed by atoms with Gasteiger partial charge >= 0.3 is 0 Å². The molecule has 9 aromatic rings. The summed E-state index contributed by atoms with van der Waals surface area (Å²) in [6.45, 7) is -0.105. The fraction of sp³-hybridized carbons (Fsp3) is 0. The van der Waals surface area contributed by atoms with Crippen molar-refractivity contribution in [3.63, 3.8) is 0 Å². The normalized spacial score (nSPS) is 12.5. The Morgan fingerprint density at radius 1 is 0.413 bits per heavy atom. The molecule has 0 atom stereocenters. The van der Waals surface area contributed by atoms with Gasteiger partial charge in [-0.15, -0.1) is 0 Å². The third-order valence-corrected chi connectivity index (χ3v) is 9.44. The second-order valence-corrected chi connectivity index (χ2v) is 11.9. The van der Waals surface area contributed by atoms with Crippen LogP contribution in [0.5, 0.6) is 11.5 Å². The van der Waals surface area contributed by atoms with Crippen molar-refractivity contribution in [3.05, 3.63) is 152 Å². The molecule has 3 nitrogen and oxygen atoms in total. The van der Waals surface area contributed by atoms with Gasteiger partial charge in [0.15, 0.2) is 0 Å². The van der Waals surface area contributed by atoms with E-state index in [9.17, 15) is 0 Å². The SMILES string of the molecule is c1ccc(-c2cccc(-c3c4oc5ccccc5c4cc4c3oc3ccccc34)c2B2c3ccccc3Oc3ccccc32)cc1. The Labute approximate surface area is 265 Å². The summed E-state index contributed by atoms with van der Waals surface area (Å²) in [6.07, 6.45) is 0. The lowest BCUT2D eigenvalue weighted by Gasteiger charge is -2.29. The Morgan fingerprint density at radius 3 is 1.57 bits per heavy atom. The molecule has 0 unspecified atom stereocenters. The highest BCUT2D eigenvalue weighted by molar-refractivity contribution is 6.98. The zero-order chi connectivity index (χ0) is 30.2. The van der Waals surface area contributed by atoms with Gasteiger partial charge in [-0.25, -0.2) is 0 Å². The molecule has 0 amide bonds. The van der Waals surface area contributed by atoms with E-state index in [4.69, 9.17) is 13.6 Å². The van der Waals surface area contributed by atoms with Crippen molar-refractivity contribution in [2.75, 3.05) is 0 Å². The molecular weight excluding hydrogens is 563 g/mol. The second kappa shape index (κ2) is 9.75. The van der Waals surface area contributed by atoms with Crippen LogP contribution in [0.15, 0.2) is 160 Å². The summed E-state index contributed by atoms with van der Waals surface area (Å²) >= 11 is 0. The molecule has 3 heterocycles. The van der Waals surface area contributed by atoms with E-state index in [0.29, 0.717) is 0 Å². The van der Waals surface area contributed by atoms with Gasteiger partial charge < -0.3 is 13.6 Å². The molecular formula is C42H25BO3. The van der Waals surface area contributed by atoms with Gasteiger partial charge in [0.1, 0.15) is 33.8 Å². The largest absolute Gasteiger partial charge is 0.458 e. The van der Waals surface area contributed by atoms with Crippen LogP contribution >= 0.6 is 0 Å². The van der Waals surface area contributed by atoms with E-state index in [2.05, 4.69) is 115 Å². The van der Waals surface area contributed by atoms with E-state index in [1.54, 1.807) is 0 Å². The van der Waals surface area contributed by atoms with Crippen LogP contribution in [-0.2, 0) is 0 Å². The highest BCUT2D eigenvalue weighted by atomic mass is 16.5. The lowest BCUT2D eigenvalue weighted by molar-refractivity contribution is 0.487. The van der Waals surface area contributed by atoms with Crippen molar-refractivity contribution in [1.29, 1.82) is 0 Å². The molecule has 214 valence electrons. The highest BCUT2D eigenvalue weighted by Crippen LogP contribution is 2.45. The number of benzene rings is 7. The molecule has 7 aromatic carbocycles. The minimum Gasteiger partial charge on any atom is -0.458 e. The summed E-state index contributed by atoms with van der Waals surface area (Å²) in [7, 11) is 0. The summed E-state index contributed by atoms with van der Waals surface area (Å²) < 4.78 is 20.1. The summed E-state index contributed by atoms with van der Waals surface area (Å²) in [5.74, 6) is 1.74. The molecule has 10 rings (SSSR count). The molecule has 0 fully saturated rings. The molecule has 4 heteroatoms. The first-order chi connectivity index (χ1) is 22.8. The fourth-order valence-electron chi connectivity index (χ4n) is 7.47. The number of fused-ring (bicyclic) bond motifs is 8. The van der Waals surface area contributed by atoms with E-state index >= 15 is 0 Å². The highest BCUT2D eigenvalue weighted by Gasteiger charge is 2.36. The van der Waals surface area contributed by atoms with Gasteiger partial charge in [0.2, 0.25) is 0 Å². The Bertz CT molecular complexity index is 2500. The third-order valence-electron chi connectivity index (χ3n) is 9.44. The molecule has 0 saturated heterocycles. The van der Waals surface area contributed by atoms with Gasteiger partial charge in [0, 0.05) is 21.5 Å². The second-order valence-electron chi connectivity index (χ2n) is 11.9. The lowest BCUT2D eigenvalue weighted by atomic mass is 9.34. The van der Waals surface area contributed by atoms with Crippen LogP contribution in [0.1, 0.15) is 0 Å². The van der Waals surface area contributed by atoms with Crippen molar-refractivity contribution in [3.8, 4) is 33.8 Å². The number of rotatable bonds is 3. The van der Waals surface area contributed by atoms with Crippen molar-refractivity contribution < 1.29 is 13.6 Å². The quantitative estimate of drug-likeness (QED) is 0.193. The molecule has 0 aliphatic carbocycles. The molecule has 46 heavy (non-hydrogen) atoms. The van der Waals surface area contributed by atoms with Crippen LogP contribution in [0.4, 0.5) is 0 Å². The van der Waals surface area contributed by atoms with Crippen LogP contribution in [-0.4, -0.2) is 6.71 Å². The first kappa shape index (κ1) is 25.3. The smallest absolute Gasteiger partial charge is 0.252 e. The Hall–Kier alpha value is -6.00. The van der Waals surface area contributed by atoms with Crippen LogP contribution in [0, 0.1) is 0 Å². The zero-order valence-electron chi connectivity index (χ0n) is 24.7. The maximum absolute atomic E-state index is 6.78. The number of ether oxygens (including phenoxy) is 1. The first-order valence-corrected chi connectivity index (χ1v) is 15.6. The molecule has 1 aliphatic heterocycles. The van der Waals surface area contributed by atoms with Crippen LogP contribution in [0.2, 0.25) is 0 Å². The van der Waals surface area contributed by atoms with Gasteiger partial charge in [0.05, 0.1) is 5.56 Å². The molecule has 0 N–H and O–H groups in total. The minimum absolute atomic E-state index is 0.105. The van der Waals surface area contributed by atoms with Gasteiger partial charge in [0.25, 0.3) is 6.71 Å². The lowest BCUT2D eigenvalue weighted by Crippen LogP contribution is -2.56. The standard InChI is InChI=1S/C42H25BO3/c1-2-13-26(14-3-1)27-17-12-18-30(40(27)43-33-19-6-10-23-37(33)44-38-24-11-7-20-34(38)43)39-41-31(28-15-4-8-21-35(28)45-41)25-32-29-16-5-9-22-36(29)46-42(32)39/h1-25H. The van der Waals surface area contributed by atoms with Crippen LogP contribution in [0.25, 0.3) is 66.1 Å². The summed E-state index contributed by atoms with van der Waals surface area (Å²) in [6, 6.07) is 53.0. The van der Waals surface area contributed by atoms with Crippen molar-refractivity contribution in [2.45, 2.75) is 0 Å². The molecule has 0 spiro atoms. The average Bonchev–Trinajstić information content (AvgIpc) is 3.68. The topological polar surface area (TPSA) is 35.5 Å². The predicted molar refractivity (Wildman–Crippen MR) is 189 cm³/mol. The van der Waals surface area contributed by atoms with E-state index in [0.717, 1.165) is 88.6 Å². The number of hydrogen-bond acceptors (Lipinski definition) is 3. The monoisotopic (exact) mass is 588 g/mol. The van der Waals surface area contributed by atoms with E-state index in [1.807, 2.05) is 36.4 Å². The Morgan fingerprint density at radius 2 is 0.935 bits per heavy atom. The number of furan rings is 2. The van der Waals surface area contributed by atoms with Crippen LogP contribution in [0.3, 0.4) is 0 Å². The zero-order valence-corrected chi connectivity index (χ0v) is 24.7. The summed E-state index contributed by atoms with van der Waals surface area (Å²) in [5, 5.41) is 4.34. The van der Waals surface area contributed by atoms with Gasteiger partial charge in [-0.05, 0) is 57.9 Å². The molecule has 0 saturated carbocycles. The molecule has 2 aromatic heterocycles. The average molecular weight is 588 g/mol. The molecule has 1 aliphatic rings. The predicted octanol–water partition coefficient (Wildman–Crippen LogP) is 9.44. The number of para-hydroxylation sites is 4. The van der Waals surface area contributed by atoms with Crippen molar-refractivity contribution >= 4 is 67.0 Å². The Balaban J connectivity index is 1.41. The van der Waals surface area contributed by atoms with E-state index in [-0.39, 0.29) is 6.71 Å². The van der Waals surface area contributed by atoms with E-state index < -0.39 is 0 Å². The van der Waals surface area contributed by atoms with Crippen molar-refractivity contribution in [2.24, 2.45) is 0 Å². The van der Waals surface area contributed by atoms with E-state index in [1.165, 1.54) is 5.46 Å². The summed E-state index contributed by atoms with van der Waals surface area (Å²) in [4.78, 5) is 0. The van der Waals surface area contributed by atoms with Gasteiger partial charge in [-0.1, -0.05) is 127 Å². The molecule has 0 radical (unpaired) electrons. The maximum Gasteiger partial charge on any atom is 0.252 e. The third kappa shape index (κ3) is 3.61. The van der Waals surface area contributed by atoms with Crippen molar-refractivity contribution in [1.82, 2.24) is 0 Å². The van der Waals surface area contributed by atoms with Crippen LogP contribution < -0.4 is 21.1 Å². The molecule has 0 bridgehead atoms. The van der Waals surface area contributed by atoms with Gasteiger partial charge in [-0.3, -0.25) is 0 Å². The maximum atomic E-state index is 6.78. The minimum atomic E-state index is -0.105. The first-order valence-electron chi connectivity index (χ1n) is 15.6. The number of hydrogen-bond donors (Lipinski definition) is 0.